The van der Waals surface area contributed by atoms with Crippen LogP contribution in [0, 0.1) is 12.8 Å². The Morgan fingerprint density at radius 3 is 2.70 bits per heavy atom. The Hall–Kier alpha value is -3.29. The van der Waals surface area contributed by atoms with E-state index in [1.54, 1.807) is 30.3 Å². The number of furan rings is 1. The summed E-state index contributed by atoms with van der Waals surface area (Å²) in [5, 5.41) is 14.7. The zero-order valence-corrected chi connectivity index (χ0v) is 14.9. The summed E-state index contributed by atoms with van der Waals surface area (Å²) in [5.74, 6) is -1.54. The fourth-order valence-corrected chi connectivity index (χ4v) is 3.04. The summed E-state index contributed by atoms with van der Waals surface area (Å²) >= 11 is 0. The van der Waals surface area contributed by atoms with Crippen molar-refractivity contribution in [1.82, 2.24) is 4.90 Å². The largest absolute Gasteiger partial charge is 0.481 e. The third-order valence-corrected chi connectivity index (χ3v) is 4.53. The Kier molecular flexibility index (Phi) is 5.44. The normalized spacial score (nSPS) is 16.6. The van der Waals surface area contributed by atoms with E-state index in [1.165, 1.54) is 11.2 Å². The maximum absolute atomic E-state index is 12.4. The number of piperidine rings is 1. The molecule has 0 aliphatic carbocycles. The van der Waals surface area contributed by atoms with Crippen molar-refractivity contribution in [2.24, 2.45) is 5.92 Å². The van der Waals surface area contributed by atoms with E-state index in [0.29, 0.717) is 30.8 Å². The molecular weight excluding hydrogens is 350 g/mol. The van der Waals surface area contributed by atoms with Gasteiger partial charge < -0.3 is 25.1 Å². The van der Waals surface area contributed by atoms with E-state index in [1.807, 2.05) is 6.92 Å². The number of aryl methyl sites for hydroxylation is 1. The first-order valence-electron chi connectivity index (χ1n) is 8.68. The van der Waals surface area contributed by atoms with Crippen LogP contribution in [-0.4, -0.2) is 41.0 Å². The van der Waals surface area contributed by atoms with Crippen molar-refractivity contribution in [2.75, 3.05) is 23.7 Å². The van der Waals surface area contributed by atoms with Crippen molar-refractivity contribution in [3.8, 4) is 0 Å². The number of urea groups is 1. The van der Waals surface area contributed by atoms with Crippen molar-refractivity contribution in [3.05, 3.63) is 47.9 Å². The summed E-state index contributed by atoms with van der Waals surface area (Å²) in [6, 6.07) is 8.00. The molecule has 1 aromatic carbocycles. The number of nitrogens with one attached hydrogen (secondary N) is 2. The van der Waals surface area contributed by atoms with Gasteiger partial charge in [-0.15, -0.1) is 0 Å². The first-order valence-corrected chi connectivity index (χ1v) is 8.68. The molecule has 0 bridgehead atoms. The molecule has 8 nitrogen and oxygen atoms in total. The standard InChI is InChI=1S/C19H21N3O5/c1-12-10-14(6-7-15(12)21-17(23)16-5-3-9-27-16)20-19(26)22-8-2-4-13(11-22)18(24)25/h3,5-7,9-10,13H,2,4,8,11H2,1H3,(H,20,26)(H,21,23)(H,24,25). The van der Waals surface area contributed by atoms with Gasteiger partial charge in [-0.05, 0) is 55.7 Å². The van der Waals surface area contributed by atoms with E-state index in [2.05, 4.69) is 10.6 Å². The number of hydrogen-bond donors (Lipinski definition) is 3. The van der Waals surface area contributed by atoms with Gasteiger partial charge in [-0.1, -0.05) is 0 Å². The summed E-state index contributed by atoms with van der Waals surface area (Å²) in [6.45, 7) is 2.55. The van der Waals surface area contributed by atoms with Crippen LogP contribution < -0.4 is 10.6 Å². The van der Waals surface area contributed by atoms with E-state index in [9.17, 15) is 14.4 Å². The quantitative estimate of drug-likeness (QED) is 0.764. The fourth-order valence-electron chi connectivity index (χ4n) is 3.04. The average molecular weight is 371 g/mol. The fraction of sp³-hybridized carbons (Fsp3) is 0.316. The third-order valence-electron chi connectivity index (χ3n) is 4.53. The molecule has 142 valence electrons. The molecule has 1 saturated heterocycles. The van der Waals surface area contributed by atoms with Crippen molar-refractivity contribution < 1.29 is 23.9 Å². The molecule has 0 spiro atoms. The van der Waals surface area contributed by atoms with Crippen molar-refractivity contribution >= 4 is 29.3 Å². The number of hydrogen-bond acceptors (Lipinski definition) is 4. The number of carboxylic acids is 1. The molecule has 8 heteroatoms. The molecule has 1 aromatic heterocycles. The van der Waals surface area contributed by atoms with Gasteiger partial charge in [0.15, 0.2) is 5.76 Å². The Balaban J connectivity index is 1.62. The Bertz CT molecular complexity index is 847. The predicted molar refractivity (Wildman–Crippen MR) is 98.8 cm³/mol. The molecule has 1 aliphatic heterocycles. The molecule has 0 saturated carbocycles. The van der Waals surface area contributed by atoms with Gasteiger partial charge in [0.25, 0.3) is 5.91 Å². The SMILES string of the molecule is Cc1cc(NC(=O)N2CCCC(C(=O)O)C2)ccc1NC(=O)c1ccco1. The minimum absolute atomic E-state index is 0.206. The van der Waals surface area contributed by atoms with Gasteiger partial charge in [0, 0.05) is 24.5 Å². The molecule has 2 heterocycles. The minimum atomic E-state index is -0.875. The topological polar surface area (TPSA) is 112 Å². The van der Waals surface area contributed by atoms with Crippen LogP contribution in [0.1, 0.15) is 29.0 Å². The zero-order chi connectivity index (χ0) is 19.4. The molecule has 1 aliphatic rings. The van der Waals surface area contributed by atoms with Crippen molar-refractivity contribution in [1.29, 1.82) is 0 Å². The molecule has 2 aromatic rings. The van der Waals surface area contributed by atoms with Gasteiger partial charge in [-0.2, -0.15) is 0 Å². The second-order valence-corrected chi connectivity index (χ2v) is 6.51. The number of amides is 3. The first kappa shape index (κ1) is 18.5. The van der Waals surface area contributed by atoms with Gasteiger partial charge in [0.05, 0.1) is 12.2 Å². The van der Waals surface area contributed by atoms with Crippen LogP contribution in [-0.2, 0) is 4.79 Å². The zero-order valence-electron chi connectivity index (χ0n) is 14.9. The number of likely N-dealkylation sites (tertiary alicyclic amines) is 1. The van der Waals surface area contributed by atoms with Crippen molar-refractivity contribution in [3.63, 3.8) is 0 Å². The van der Waals surface area contributed by atoms with E-state index < -0.39 is 11.9 Å². The molecule has 3 rings (SSSR count). The van der Waals surface area contributed by atoms with Crippen LogP contribution in [0.2, 0.25) is 0 Å². The van der Waals surface area contributed by atoms with Crippen LogP contribution in [0.15, 0.2) is 41.0 Å². The van der Waals surface area contributed by atoms with Gasteiger partial charge in [0.2, 0.25) is 0 Å². The van der Waals surface area contributed by atoms with E-state index in [4.69, 9.17) is 9.52 Å². The van der Waals surface area contributed by atoms with Crippen LogP contribution in [0.4, 0.5) is 16.2 Å². The minimum Gasteiger partial charge on any atom is -0.481 e. The van der Waals surface area contributed by atoms with Gasteiger partial charge in [-0.25, -0.2) is 4.79 Å². The second kappa shape index (κ2) is 7.94. The number of rotatable bonds is 4. The Morgan fingerprint density at radius 1 is 1.22 bits per heavy atom. The smallest absolute Gasteiger partial charge is 0.321 e. The van der Waals surface area contributed by atoms with Gasteiger partial charge in [0.1, 0.15) is 0 Å². The highest BCUT2D eigenvalue weighted by Crippen LogP contribution is 2.22. The van der Waals surface area contributed by atoms with Crippen LogP contribution in [0.3, 0.4) is 0 Å². The predicted octanol–water partition coefficient (Wildman–Crippen LogP) is 3.17. The monoisotopic (exact) mass is 371 g/mol. The number of carbonyl (C=O) groups excluding carboxylic acids is 2. The highest BCUT2D eigenvalue weighted by Gasteiger charge is 2.28. The maximum atomic E-state index is 12.4. The summed E-state index contributed by atoms with van der Waals surface area (Å²) in [5.41, 5.74) is 1.96. The summed E-state index contributed by atoms with van der Waals surface area (Å²) in [4.78, 5) is 37.1. The second-order valence-electron chi connectivity index (χ2n) is 6.51. The molecule has 1 fully saturated rings. The molecule has 1 unspecified atom stereocenters. The van der Waals surface area contributed by atoms with Crippen molar-refractivity contribution in [2.45, 2.75) is 19.8 Å². The molecule has 1 atom stereocenters. The lowest BCUT2D eigenvalue weighted by molar-refractivity contribution is -0.143. The van der Waals surface area contributed by atoms with Gasteiger partial charge in [-0.3, -0.25) is 9.59 Å². The Morgan fingerprint density at radius 2 is 2.04 bits per heavy atom. The Labute approximate surface area is 156 Å². The highest BCUT2D eigenvalue weighted by molar-refractivity contribution is 6.02. The number of nitrogens with zero attached hydrogens (tertiary/aromatic N) is 1. The number of carbonyl (C=O) groups is 3. The number of carboxylic acid groups (broad SMARTS) is 1. The van der Waals surface area contributed by atoms with E-state index >= 15 is 0 Å². The number of anilines is 2. The summed E-state index contributed by atoms with van der Waals surface area (Å²) < 4.78 is 5.06. The third kappa shape index (κ3) is 4.46. The van der Waals surface area contributed by atoms with Gasteiger partial charge >= 0.3 is 12.0 Å². The summed E-state index contributed by atoms with van der Waals surface area (Å²) in [6.07, 6.45) is 2.68. The van der Waals surface area contributed by atoms with Crippen LogP contribution in [0.5, 0.6) is 0 Å². The molecule has 27 heavy (non-hydrogen) atoms. The highest BCUT2D eigenvalue weighted by atomic mass is 16.4. The van der Waals surface area contributed by atoms with Crippen LogP contribution >= 0.6 is 0 Å². The average Bonchev–Trinajstić information content (AvgIpc) is 3.19. The lowest BCUT2D eigenvalue weighted by Gasteiger charge is -2.30. The summed E-state index contributed by atoms with van der Waals surface area (Å²) in [7, 11) is 0. The maximum Gasteiger partial charge on any atom is 0.321 e. The molecular formula is C19H21N3O5. The lowest BCUT2D eigenvalue weighted by atomic mass is 9.99. The molecule has 3 amide bonds. The number of aliphatic carboxylic acids is 1. The number of benzene rings is 1. The first-order chi connectivity index (χ1) is 12.9. The molecule has 3 N–H and O–H groups in total. The van der Waals surface area contributed by atoms with E-state index in [-0.39, 0.29) is 24.2 Å². The van der Waals surface area contributed by atoms with Crippen LogP contribution in [0.25, 0.3) is 0 Å². The lowest BCUT2D eigenvalue weighted by Crippen LogP contribution is -2.44. The molecule has 0 radical (unpaired) electrons. The van der Waals surface area contributed by atoms with E-state index in [0.717, 1.165) is 5.56 Å².